The summed E-state index contributed by atoms with van der Waals surface area (Å²) in [5.74, 6) is -0.0470. The number of aryl methyl sites for hydroxylation is 1. The van der Waals surface area contributed by atoms with E-state index in [1.54, 1.807) is 13.2 Å². The molecule has 0 aliphatic carbocycles. The molecule has 1 amide bonds. The highest BCUT2D eigenvalue weighted by molar-refractivity contribution is 6.31. The third kappa shape index (κ3) is 5.62. The molecule has 130 valence electrons. The Labute approximate surface area is 148 Å². The molecule has 0 bridgehead atoms. The van der Waals surface area contributed by atoms with Crippen molar-refractivity contribution in [3.8, 4) is 0 Å². The van der Waals surface area contributed by atoms with E-state index in [2.05, 4.69) is 10.2 Å². The number of carbonyl (C=O) groups is 1. The number of hydrogen-bond acceptors (Lipinski definition) is 4. The SMILES string of the molecule is COC1CCN(CC(=O)Nc2ccc(C)c(Cl)c2)C(CN)C1.Cl. The Hall–Kier alpha value is -0.850. The quantitative estimate of drug-likeness (QED) is 0.844. The predicted octanol–water partition coefficient (Wildman–Crippen LogP) is 2.45. The zero-order chi connectivity index (χ0) is 16.1. The van der Waals surface area contributed by atoms with E-state index in [-0.39, 0.29) is 30.5 Å². The summed E-state index contributed by atoms with van der Waals surface area (Å²) in [6, 6.07) is 5.71. The highest BCUT2D eigenvalue weighted by atomic mass is 35.5. The van der Waals surface area contributed by atoms with Gasteiger partial charge in [0.05, 0.1) is 12.6 Å². The topological polar surface area (TPSA) is 67.6 Å². The van der Waals surface area contributed by atoms with E-state index in [1.807, 2.05) is 19.1 Å². The molecule has 1 heterocycles. The lowest BCUT2D eigenvalue weighted by molar-refractivity contribution is -0.118. The zero-order valence-corrected chi connectivity index (χ0v) is 15.1. The number of rotatable bonds is 5. The summed E-state index contributed by atoms with van der Waals surface area (Å²) in [7, 11) is 1.72. The molecule has 1 fully saturated rings. The summed E-state index contributed by atoms with van der Waals surface area (Å²) in [6.45, 7) is 3.62. The second-order valence-electron chi connectivity index (χ2n) is 5.75. The molecule has 1 aromatic carbocycles. The highest BCUT2D eigenvalue weighted by Gasteiger charge is 2.28. The van der Waals surface area contributed by atoms with Crippen molar-refractivity contribution in [1.29, 1.82) is 0 Å². The third-order valence-electron chi connectivity index (χ3n) is 4.20. The number of nitrogens with zero attached hydrogens (tertiary/aromatic N) is 1. The Morgan fingerprint density at radius 3 is 2.87 bits per heavy atom. The largest absolute Gasteiger partial charge is 0.381 e. The second kappa shape index (κ2) is 9.45. The minimum Gasteiger partial charge on any atom is -0.381 e. The van der Waals surface area contributed by atoms with E-state index < -0.39 is 0 Å². The number of benzene rings is 1. The van der Waals surface area contributed by atoms with E-state index in [4.69, 9.17) is 22.1 Å². The van der Waals surface area contributed by atoms with Gasteiger partial charge < -0.3 is 15.8 Å². The minimum absolute atomic E-state index is 0. The van der Waals surface area contributed by atoms with Crippen molar-refractivity contribution in [2.45, 2.75) is 31.9 Å². The number of anilines is 1. The molecule has 1 aromatic rings. The van der Waals surface area contributed by atoms with Gasteiger partial charge >= 0.3 is 0 Å². The summed E-state index contributed by atoms with van der Waals surface area (Å²) >= 11 is 6.07. The molecule has 2 unspecified atom stereocenters. The van der Waals surface area contributed by atoms with Crippen molar-refractivity contribution in [3.63, 3.8) is 0 Å². The van der Waals surface area contributed by atoms with Gasteiger partial charge in [0.2, 0.25) is 5.91 Å². The number of methoxy groups -OCH3 is 1. The van der Waals surface area contributed by atoms with Gasteiger partial charge in [-0.1, -0.05) is 17.7 Å². The molecule has 0 saturated carbocycles. The summed E-state index contributed by atoms with van der Waals surface area (Å²) in [5.41, 5.74) is 7.54. The van der Waals surface area contributed by atoms with Crippen LogP contribution in [0, 0.1) is 6.92 Å². The van der Waals surface area contributed by atoms with Gasteiger partial charge in [0.15, 0.2) is 0 Å². The van der Waals surface area contributed by atoms with Gasteiger partial charge in [-0.15, -0.1) is 12.4 Å². The van der Waals surface area contributed by atoms with Gasteiger partial charge in [-0.05, 0) is 37.5 Å². The Balaban J connectivity index is 0.00000264. The first-order valence-electron chi connectivity index (χ1n) is 7.56. The van der Waals surface area contributed by atoms with Gasteiger partial charge in [-0.2, -0.15) is 0 Å². The first-order valence-corrected chi connectivity index (χ1v) is 7.94. The smallest absolute Gasteiger partial charge is 0.238 e. The first kappa shape index (κ1) is 20.2. The molecule has 2 atom stereocenters. The second-order valence-corrected chi connectivity index (χ2v) is 6.16. The molecule has 0 radical (unpaired) electrons. The Morgan fingerprint density at radius 1 is 1.52 bits per heavy atom. The maximum Gasteiger partial charge on any atom is 0.238 e. The van der Waals surface area contributed by atoms with E-state index in [1.165, 1.54) is 0 Å². The van der Waals surface area contributed by atoms with Crippen LogP contribution in [0.25, 0.3) is 0 Å². The number of hydrogen-bond donors (Lipinski definition) is 2. The van der Waals surface area contributed by atoms with Crippen LogP contribution in [-0.2, 0) is 9.53 Å². The number of ether oxygens (including phenoxy) is 1. The fourth-order valence-corrected chi connectivity index (χ4v) is 2.97. The maximum atomic E-state index is 12.2. The van der Waals surface area contributed by atoms with E-state index in [0.717, 1.165) is 30.6 Å². The first-order chi connectivity index (χ1) is 10.5. The molecule has 1 saturated heterocycles. The van der Waals surface area contributed by atoms with Crippen molar-refractivity contribution in [2.24, 2.45) is 5.73 Å². The average molecular weight is 362 g/mol. The summed E-state index contributed by atoms with van der Waals surface area (Å²) < 4.78 is 5.40. The maximum absolute atomic E-state index is 12.2. The van der Waals surface area contributed by atoms with Crippen LogP contribution in [0.1, 0.15) is 18.4 Å². The number of likely N-dealkylation sites (tertiary alicyclic amines) is 1. The molecule has 0 aromatic heterocycles. The molecule has 23 heavy (non-hydrogen) atoms. The number of carbonyl (C=O) groups excluding carboxylic acids is 1. The van der Waals surface area contributed by atoms with E-state index >= 15 is 0 Å². The van der Waals surface area contributed by atoms with Crippen LogP contribution in [-0.4, -0.2) is 49.7 Å². The normalized spacial score (nSPS) is 21.6. The number of amides is 1. The van der Waals surface area contributed by atoms with Crippen molar-refractivity contribution < 1.29 is 9.53 Å². The lowest BCUT2D eigenvalue weighted by atomic mass is 9.99. The Kier molecular flexibility index (Phi) is 8.29. The minimum atomic E-state index is -0.0470. The lowest BCUT2D eigenvalue weighted by Gasteiger charge is -2.37. The number of piperidine rings is 1. The lowest BCUT2D eigenvalue weighted by Crippen LogP contribution is -2.50. The molecule has 1 aliphatic rings. The monoisotopic (exact) mass is 361 g/mol. The van der Waals surface area contributed by atoms with Gasteiger partial charge in [0, 0.05) is 37.0 Å². The Morgan fingerprint density at radius 2 is 2.26 bits per heavy atom. The number of halogens is 2. The average Bonchev–Trinajstić information content (AvgIpc) is 2.51. The Bertz CT molecular complexity index is 528. The standard InChI is InChI=1S/C16H24ClN3O2.ClH/c1-11-3-4-12(7-15(11)17)19-16(21)10-20-6-5-14(22-2)8-13(20)9-18;/h3-4,7,13-14H,5-6,8-10,18H2,1-2H3,(H,19,21);1H. The molecule has 1 aliphatic heterocycles. The van der Waals surface area contributed by atoms with E-state index in [0.29, 0.717) is 18.1 Å². The van der Waals surface area contributed by atoms with Gasteiger partial charge in [0.25, 0.3) is 0 Å². The summed E-state index contributed by atoms with van der Waals surface area (Å²) in [5, 5.41) is 3.54. The van der Waals surface area contributed by atoms with Crippen LogP contribution in [0.5, 0.6) is 0 Å². The van der Waals surface area contributed by atoms with Crippen LogP contribution in [0.2, 0.25) is 5.02 Å². The van der Waals surface area contributed by atoms with Crippen LogP contribution in [0.4, 0.5) is 5.69 Å². The fourth-order valence-electron chi connectivity index (χ4n) is 2.79. The summed E-state index contributed by atoms with van der Waals surface area (Å²) in [4.78, 5) is 14.3. The molecular weight excluding hydrogens is 337 g/mol. The molecule has 0 spiro atoms. The van der Waals surface area contributed by atoms with Gasteiger partial charge in [-0.3, -0.25) is 9.69 Å². The predicted molar refractivity (Wildman–Crippen MR) is 96.5 cm³/mol. The zero-order valence-electron chi connectivity index (χ0n) is 13.5. The number of nitrogens with two attached hydrogens (primary N) is 1. The fraction of sp³-hybridized carbons (Fsp3) is 0.562. The van der Waals surface area contributed by atoms with Crippen molar-refractivity contribution in [3.05, 3.63) is 28.8 Å². The van der Waals surface area contributed by atoms with Crippen LogP contribution >= 0.6 is 24.0 Å². The van der Waals surface area contributed by atoms with Crippen molar-refractivity contribution in [1.82, 2.24) is 4.90 Å². The van der Waals surface area contributed by atoms with Gasteiger partial charge in [0.1, 0.15) is 0 Å². The molecule has 5 nitrogen and oxygen atoms in total. The molecule has 3 N–H and O–H groups in total. The van der Waals surface area contributed by atoms with Crippen LogP contribution in [0.15, 0.2) is 18.2 Å². The van der Waals surface area contributed by atoms with Crippen LogP contribution in [0.3, 0.4) is 0 Å². The molecule has 7 heteroatoms. The molecular formula is C16H25Cl2N3O2. The van der Waals surface area contributed by atoms with Crippen LogP contribution < -0.4 is 11.1 Å². The molecule has 2 rings (SSSR count). The highest BCUT2D eigenvalue weighted by Crippen LogP contribution is 2.21. The summed E-state index contributed by atoms with van der Waals surface area (Å²) in [6.07, 6.45) is 2.04. The van der Waals surface area contributed by atoms with Gasteiger partial charge in [-0.25, -0.2) is 0 Å². The number of nitrogens with one attached hydrogen (secondary N) is 1. The van der Waals surface area contributed by atoms with Crippen molar-refractivity contribution >= 4 is 35.6 Å². The van der Waals surface area contributed by atoms with E-state index in [9.17, 15) is 4.79 Å². The van der Waals surface area contributed by atoms with Crippen molar-refractivity contribution in [2.75, 3.05) is 32.1 Å². The third-order valence-corrected chi connectivity index (χ3v) is 4.60.